The van der Waals surface area contributed by atoms with Crippen LogP contribution in [0.5, 0.6) is 0 Å². The lowest BCUT2D eigenvalue weighted by Crippen LogP contribution is -1.99. The van der Waals surface area contributed by atoms with Crippen molar-refractivity contribution in [2.24, 2.45) is 0 Å². The van der Waals surface area contributed by atoms with Crippen LogP contribution in [-0.4, -0.2) is 4.98 Å². The molecule has 1 aliphatic carbocycles. The Morgan fingerprint density at radius 1 is 1.17 bits per heavy atom. The van der Waals surface area contributed by atoms with Gasteiger partial charge in [0.1, 0.15) is 0 Å². The molecule has 0 amide bonds. The second-order valence-electron chi connectivity index (χ2n) is 4.41. The standard InChI is InChI=1S/C14H13N3S/c15-9-10-5-7-11(8-6-10)16-14-17-12-3-1-2-4-13(12)18-14/h5-8H,1-4H2,(H,16,17). The minimum absolute atomic E-state index is 0.680. The molecule has 90 valence electrons. The molecular weight excluding hydrogens is 242 g/mol. The van der Waals surface area contributed by atoms with E-state index in [1.165, 1.54) is 29.8 Å². The van der Waals surface area contributed by atoms with Crippen LogP contribution < -0.4 is 5.32 Å². The maximum atomic E-state index is 8.75. The molecule has 1 N–H and O–H groups in total. The molecule has 0 radical (unpaired) electrons. The maximum Gasteiger partial charge on any atom is 0.187 e. The van der Waals surface area contributed by atoms with E-state index in [1.807, 2.05) is 24.3 Å². The molecule has 0 spiro atoms. The van der Waals surface area contributed by atoms with Crippen LogP contribution in [-0.2, 0) is 12.8 Å². The van der Waals surface area contributed by atoms with Gasteiger partial charge in [0.25, 0.3) is 0 Å². The summed E-state index contributed by atoms with van der Waals surface area (Å²) < 4.78 is 0. The first kappa shape index (κ1) is 11.2. The molecule has 0 saturated carbocycles. The van der Waals surface area contributed by atoms with Gasteiger partial charge in [0.05, 0.1) is 17.3 Å². The van der Waals surface area contributed by atoms with Gasteiger partial charge in [-0.1, -0.05) is 0 Å². The Bertz CT molecular complexity index is 569. The predicted octanol–water partition coefficient (Wildman–Crippen LogP) is 3.64. The number of rotatable bonds is 2. The Kier molecular flexibility index (Phi) is 2.99. The zero-order valence-electron chi connectivity index (χ0n) is 9.94. The number of thiazole rings is 1. The van der Waals surface area contributed by atoms with Gasteiger partial charge in [-0.05, 0) is 49.9 Å². The van der Waals surface area contributed by atoms with Gasteiger partial charge in [-0.25, -0.2) is 4.98 Å². The van der Waals surface area contributed by atoms with Crippen molar-refractivity contribution in [1.29, 1.82) is 5.26 Å². The summed E-state index contributed by atoms with van der Waals surface area (Å²) in [4.78, 5) is 6.06. The highest BCUT2D eigenvalue weighted by Crippen LogP contribution is 2.31. The third kappa shape index (κ3) is 2.22. The van der Waals surface area contributed by atoms with Crippen LogP contribution in [0.3, 0.4) is 0 Å². The van der Waals surface area contributed by atoms with Crippen LogP contribution in [0.2, 0.25) is 0 Å². The molecule has 4 heteroatoms. The third-order valence-corrected chi connectivity index (χ3v) is 4.18. The van der Waals surface area contributed by atoms with Crippen LogP contribution in [0.4, 0.5) is 10.8 Å². The van der Waals surface area contributed by atoms with Crippen LogP contribution in [0.1, 0.15) is 29.0 Å². The van der Waals surface area contributed by atoms with Crippen molar-refractivity contribution in [3.63, 3.8) is 0 Å². The van der Waals surface area contributed by atoms with E-state index in [0.717, 1.165) is 17.2 Å². The monoisotopic (exact) mass is 255 g/mol. The molecule has 0 fully saturated rings. The number of fused-ring (bicyclic) bond motifs is 1. The number of hydrogen-bond donors (Lipinski definition) is 1. The van der Waals surface area contributed by atoms with E-state index in [9.17, 15) is 0 Å². The molecule has 2 aromatic rings. The van der Waals surface area contributed by atoms with Crippen molar-refractivity contribution < 1.29 is 0 Å². The van der Waals surface area contributed by atoms with E-state index < -0.39 is 0 Å². The molecule has 1 aromatic heterocycles. The average Bonchev–Trinajstić information content (AvgIpc) is 2.82. The molecule has 0 bridgehead atoms. The first-order valence-corrected chi connectivity index (χ1v) is 6.92. The van der Waals surface area contributed by atoms with Crippen molar-refractivity contribution >= 4 is 22.2 Å². The second kappa shape index (κ2) is 4.79. The van der Waals surface area contributed by atoms with Gasteiger partial charge >= 0.3 is 0 Å². The number of aryl methyl sites for hydroxylation is 2. The van der Waals surface area contributed by atoms with Gasteiger partial charge < -0.3 is 5.32 Å². The summed E-state index contributed by atoms with van der Waals surface area (Å²) in [6.45, 7) is 0. The number of hydrogen-bond acceptors (Lipinski definition) is 4. The summed E-state index contributed by atoms with van der Waals surface area (Å²) in [7, 11) is 0. The van der Waals surface area contributed by atoms with Crippen LogP contribution in [0.25, 0.3) is 0 Å². The van der Waals surface area contributed by atoms with Crippen molar-refractivity contribution in [3.8, 4) is 6.07 Å². The van der Waals surface area contributed by atoms with E-state index in [-0.39, 0.29) is 0 Å². The predicted molar refractivity (Wildman–Crippen MR) is 73.2 cm³/mol. The smallest absolute Gasteiger partial charge is 0.187 e. The van der Waals surface area contributed by atoms with Crippen LogP contribution in [0, 0.1) is 11.3 Å². The topological polar surface area (TPSA) is 48.7 Å². The van der Waals surface area contributed by atoms with Crippen molar-refractivity contribution in [2.75, 3.05) is 5.32 Å². The van der Waals surface area contributed by atoms with Crippen molar-refractivity contribution in [1.82, 2.24) is 4.98 Å². The van der Waals surface area contributed by atoms with Crippen molar-refractivity contribution in [3.05, 3.63) is 40.4 Å². The van der Waals surface area contributed by atoms with Crippen LogP contribution >= 0.6 is 11.3 Å². The van der Waals surface area contributed by atoms with E-state index >= 15 is 0 Å². The quantitative estimate of drug-likeness (QED) is 0.891. The highest BCUT2D eigenvalue weighted by atomic mass is 32.1. The lowest BCUT2D eigenvalue weighted by atomic mass is 10.0. The Morgan fingerprint density at radius 3 is 2.67 bits per heavy atom. The molecule has 0 aliphatic heterocycles. The summed E-state index contributed by atoms with van der Waals surface area (Å²) >= 11 is 1.75. The second-order valence-corrected chi connectivity index (χ2v) is 5.49. The average molecular weight is 255 g/mol. The van der Waals surface area contributed by atoms with Crippen molar-refractivity contribution in [2.45, 2.75) is 25.7 Å². The molecule has 0 atom stereocenters. The fourth-order valence-electron chi connectivity index (χ4n) is 2.16. The molecule has 18 heavy (non-hydrogen) atoms. The SMILES string of the molecule is N#Cc1ccc(Nc2nc3c(s2)CCCC3)cc1. The number of aromatic nitrogens is 1. The van der Waals surface area contributed by atoms with E-state index in [2.05, 4.69) is 16.4 Å². The van der Waals surface area contributed by atoms with Gasteiger partial charge in [-0.15, -0.1) is 11.3 Å². The zero-order chi connectivity index (χ0) is 12.4. The largest absolute Gasteiger partial charge is 0.332 e. The maximum absolute atomic E-state index is 8.75. The molecule has 1 heterocycles. The first-order chi connectivity index (χ1) is 8.85. The normalized spacial score (nSPS) is 13.7. The Balaban J connectivity index is 1.79. The molecule has 3 nitrogen and oxygen atoms in total. The Labute approximate surface area is 110 Å². The molecule has 1 aromatic carbocycles. The Morgan fingerprint density at radius 2 is 1.94 bits per heavy atom. The number of benzene rings is 1. The summed E-state index contributed by atoms with van der Waals surface area (Å²) in [5.41, 5.74) is 2.93. The summed E-state index contributed by atoms with van der Waals surface area (Å²) in [5.74, 6) is 0. The number of nitriles is 1. The van der Waals surface area contributed by atoms with E-state index in [0.29, 0.717) is 5.56 Å². The fourth-order valence-corrected chi connectivity index (χ4v) is 3.23. The third-order valence-electron chi connectivity index (χ3n) is 3.11. The van der Waals surface area contributed by atoms with Gasteiger partial charge in [-0.2, -0.15) is 5.26 Å². The summed E-state index contributed by atoms with van der Waals surface area (Å²) in [5, 5.41) is 13.0. The summed E-state index contributed by atoms with van der Waals surface area (Å²) in [6, 6.07) is 9.58. The van der Waals surface area contributed by atoms with Gasteiger partial charge in [0, 0.05) is 10.6 Å². The first-order valence-electron chi connectivity index (χ1n) is 6.11. The molecule has 0 unspecified atom stereocenters. The Hall–Kier alpha value is -1.86. The number of anilines is 2. The molecule has 0 saturated heterocycles. The van der Waals surface area contributed by atoms with Gasteiger partial charge in [-0.3, -0.25) is 0 Å². The minimum atomic E-state index is 0.680. The summed E-state index contributed by atoms with van der Waals surface area (Å²) in [6.07, 6.45) is 4.82. The molecule has 1 aliphatic rings. The minimum Gasteiger partial charge on any atom is -0.332 e. The fraction of sp³-hybridized carbons (Fsp3) is 0.286. The number of nitrogens with one attached hydrogen (secondary N) is 1. The van der Waals surface area contributed by atoms with Gasteiger partial charge in [0.2, 0.25) is 0 Å². The highest BCUT2D eigenvalue weighted by Gasteiger charge is 2.14. The zero-order valence-corrected chi connectivity index (χ0v) is 10.8. The van der Waals surface area contributed by atoms with E-state index in [1.54, 1.807) is 11.3 Å². The lowest BCUT2D eigenvalue weighted by molar-refractivity contribution is 0.683. The van der Waals surface area contributed by atoms with Gasteiger partial charge in [0.15, 0.2) is 5.13 Å². The van der Waals surface area contributed by atoms with Crippen LogP contribution in [0.15, 0.2) is 24.3 Å². The van der Waals surface area contributed by atoms with E-state index in [4.69, 9.17) is 5.26 Å². The number of nitrogens with zero attached hydrogens (tertiary/aromatic N) is 2. The lowest BCUT2D eigenvalue weighted by Gasteiger charge is -2.06. The molecular formula is C14H13N3S. The highest BCUT2D eigenvalue weighted by molar-refractivity contribution is 7.15. The molecule has 3 rings (SSSR count).